The first-order chi connectivity index (χ1) is 17.9. The lowest BCUT2D eigenvalue weighted by Crippen LogP contribution is -2.25. The molecule has 0 bridgehead atoms. The zero-order chi connectivity index (χ0) is 26.8. The third kappa shape index (κ3) is 7.27. The van der Waals surface area contributed by atoms with Gasteiger partial charge >= 0.3 is 0 Å². The predicted molar refractivity (Wildman–Crippen MR) is 155 cm³/mol. The van der Waals surface area contributed by atoms with Crippen molar-refractivity contribution in [1.82, 2.24) is 14.9 Å². The number of nitrogens with two attached hydrogens (primary N) is 1. The van der Waals surface area contributed by atoms with E-state index in [-0.39, 0.29) is 5.82 Å². The average molecular weight is 501 g/mol. The summed E-state index contributed by atoms with van der Waals surface area (Å²) in [5.74, 6) is 0.761. The molecule has 0 aliphatic heterocycles. The lowest BCUT2D eigenvalue weighted by Gasteiger charge is -2.18. The third-order valence-electron chi connectivity index (χ3n) is 6.21. The maximum absolute atomic E-state index is 14.4. The fourth-order valence-electron chi connectivity index (χ4n) is 4.02. The molecule has 0 spiro atoms. The Morgan fingerprint density at radius 3 is 2.54 bits per heavy atom. The minimum Gasteiger partial charge on any atom is -0.399 e. The van der Waals surface area contributed by atoms with Gasteiger partial charge in [0, 0.05) is 28.9 Å². The molecule has 0 saturated heterocycles. The number of anilines is 2. The van der Waals surface area contributed by atoms with Crippen LogP contribution in [0.5, 0.6) is 0 Å². The molecule has 7 heteroatoms. The Morgan fingerprint density at radius 2 is 1.86 bits per heavy atom. The SMILES string of the molecule is C=CNc1nc(NCCCN(CC)CC)nc(-c2cc(C(=C)N)ccc2C)c1/C=C\c1ccccc1F. The van der Waals surface area contributed by atoms with Crippen LogP contribution in [-0.4, -0.2) is 41.0 Å². The van der Waals surface area contributed by atoms with Crippen LogP contribution in [0.25, 0.3) is 29.1 Å². The van der Waals surface area contributed by atoms with E-state index >= 15 is 0 Å². The van der Waals surface area contributed by atoms with Crippen molar-refractivity contribution in [2.75, 3.05) is 36.8 Å². The number of aromatic nitrogens is 2. The van der Waals surface area contributed by atoms with Crippen LogP contribution in [-0.2, 0) is 0 Å². The summed E-state index contributed by atoms with van der Waals surface area (Å²) in [5, 5.41) is 6.51. The molecule has 1 aromatic heterocycles. The molecule has 0 atom stereocenters. The number of hydrogen-bond donors (Lipinski definition) is 3. The van der Waals surface area contributed by atoms with Crippen LogP contribution in [0.15, 0.2) is 61.8 Å². The number of aryl methyl sites for hydroxylation is 1. The molecular weight excluding hydrogens is 463 g/mol. The van der Waals surface area contributed by atoms with Gasteiger partial charge in [0.05, 0.1) is 5.69 Å². The Bertz CT molecular complexity index is 1260. The minimum atomic E-state index is -0.302. The van der Waals surface area contributed by atoms with E-state index in [4.69, 9.17) is 15.7 Å². The lowest BCUT2D eigenvalue weighted by molar-refractivity contribution is 0.303. The number of halogens is 1. The molecule has 37 heavy (non-hydrogen) atoms. The van der Waals surface area contributed by atoms with Gasteiger partial charge in [-0.1, -0.05) is 63.4 Å². The second-order valence-corrected chi connectivity index (χ2v) is 8.72. The number of nitrogens with zero attached hydrogens (tertiary/aromatic N) is 3. The molecule has 2 aromatic carbocycles. The minimum absolute atomic E-state index is 0.302. The zero-order valence-electron chi connectivity index (χ0n) is 22.0. The molecule has 0 aliphatic rings. The molecule has 4 N–H and O–H groups in total. The van der Waals surface area contributed by atoms with Crippen molar-refractivity contribution in [1.29, 1.82) is 0 Å². The van der Waals surface area contributed by atoms with Gasteiger partial charge < -0.3 is 21.3 Å². The highest BCUT2D eigenvalue weighted by Crippen LogP contribution is 2.33. The molecule has 194 valence electrons. The Morgan fingerprint density at radius 1 is 1.11 bits per heavy atom. The van der Waals surface area contributed by atoms with Gasteiger partial charge in [-0.05, 0) is 68.5 Å². The Labute approximate surface area is 219 Å². The Hall–Kier alpha value is -3.97. The highest BCUT2D eigenvalue weighted by molar-refractivity contribution is 5.87. The maximum Gasteiger partial charge on any atom is 0.225 e. The van der Waals surface area contributed by atoms with Crippen LogP contribution in [0.3, 0.4) is 0 Å². The molecule has 0 radical (unpaired) electrons. The monoisotopic (exact) mass is 500 g/mol. The van der Waals surface area contributed by atoms with Crippen molar-refractivity contribution < 1.29 is 4.39 Å². The van der Waals surface area contributed by atoms with E-state index in [0.29, 0.717) is 34.3 Å². The second kappa shape index (κ2) is 13.4. The largest absolute Gasteiger partial charge is 0.399 e. The summed E-state index contributed by atoms with van der Waals surface area (Å²) in [6.45, 7) is 17.8. The summed E-state index contributed by atoms with van der Waals surface area (Å²) in [6, 6.07) is 12.5. The quantitative estimate of drug-likeness (QED) is 0.236. The first-order valence-electron chi connectivity index (χ1n) is 12.6. The predicted octanol–water partition coefficient (Wildman–Crippen LogP) is 6.39. The van der Waals surface area contributed by atoms with Crippen molar-refractivity contribution in [3.05, 3.63) is 89.9 Å². The third-order valence-corrected chi connectivity index (χ3v) is 6.21. The van der Waals surface area contributed by atoms with E-state index in [9.17, 15) is 4.39 Å². The van der Waals surface area contributed by atoms with Crippen LogP contribution in [0.4, 0.5) is 16.2 Å². The number of nitrogens with one attached hydrogen (secondary N) is 2. The van der Waals surface area contributed by atoms with Crippen LogP contribution in [0, 0.1) is 12.7 Å². The van der Waals surface area contributed by atoms with Gasteiger partial charge in [0.1, 0.15) is 11.6 Å². The topological polar surface area (TPSA) is 79.1 Å². The molecule has 6 nitrogen and oxygen atoms in total. The first-order valence-corrected chi connectivity index (χ1v) is 12.6. The summed E-state index contributed by atoms with van der Waals surface area (Å²) in [4.78, 5) is 12.0. The molecule has 3 aromatic rings. The van der Waals surface area contributed by atoms with Gasteiger partial charge in [0.2, 0.25) is 5.95 Å². The molecule has 0 amide bonds. The van der Waals surface area contributed by atoms with Gasteiger partial charge in [-0.25, -0.2) is 9.37 Å². The van der Waals surface area contributed by atoms with E-state index < -0.39 is 0 Å². The van der Waals surface area contributed by atoms with Crippen molar-refractivity contribution in [3.8, 4) is 11.3 Å². The molecule has 0 saturated carbocycles. The van der Waals surface area contributed by atoms with Gasteiger partial charge in [-0.3, -0.25) is 0 Å². The van der Waals surface area contributed by atoms with Gasteiger partial charge in [0.25, 0.3) is 0 Å². The highest BCUT2D eigenvalue weighted by atomic mass is 19.1. The molecule has 0 fully saturated rings. The number of hydrogen-bond acceptors (Lipinski definition) is 6. The first kappa shape index (κ1) is 27.6. The van der Waals surface area contributed by atoms with Crippen molar-refractivity contribution in [3.63, 3.8) is 0 Å². The van der Waals surface area contributed by atoms with Crippen LogP contribution in [0.1, 0.15) is 42.5 Å². The van der Waals surface area contributed by atoms with E-state index in [1.807, 2.05) is 31.2 Å². The summed E-state index contributed by atoms with van der Waals surface area (Å²) in [5.41, 5.74) is 11.1. The average Bonchev–Trinajstić information content (AvgIpc) is 2.89. The lowest BCUT2D eigenvalue weighted by atomic mass is 9.97. The van der Waals surface area contributed by atoms with Crippen LogP contribution < -0.4 is 16.4 Å². The Kier molecular flexibility index (Phi) is 9.98. The molecule has 1 heterocycles. The van der Waals surface area contributed by atoms with Crippen molar-refractivity contribution in [2.45, 2.75) is 27.2 Å². The van der Waals surface area contributed by atoms with E-state index in [1.54, 1.807) is 30.5 Å². The highest BCUT2D eigenvalue weighted by Gasteiger charge is 2.17. The fraction of sp³-hybridized carbons (Fsp3) is 0.267. The van der Waals surface area contributed by atoms with Crippen LogP contribution in [0.2, 0.25) is 0 Å². The normalized spacial score (nSPS) is 11.2. The molecular formula is C30H37FN6. The molecule has 3 rings (SSSR count). The van der Waals surface area contributed by atoms with Gasteiger partial charge in [-0.2, -0.15) is 4.98 Å². The number of rotatable bonds is 13. The summed E-state index contributed by atoms with van der Waals surface area (Å²) in [6.07, 6.45) is 6.08. The van der Waals surface area contributed by atoms with Gasteiger partial charge in [0.15, 0.2) is 0 Å². The van der Waals surface area contributed by atoms with Crippen molar-refractivity contribution >= 4 is 29.6 Å². The van der Waals surface area contributed by atoms with E-state index in [2.05, 4.69) is 42.5 Å². The Balaban J connectivity index is 2.09. The summed E-state index contributed by atoms with van der Waals surface area (Å²) >= 11 is 0. The van der Waals surface area contributed by atoms with Crippen LogP contribution >= 0.6 is 0 Å². The second-order valence-electron chi connectivity index (χ2n) is 8.72. The van der Waals surface area contributed by atoms with E-state index in [0.717, 1.165) is 49.3 Å². The summed E-state index contributed by atoms with van der Waals surface area (Å²) in [7, 11) is 0. The summed E-state index contributed by atoms with van der Waals surface area (Å²) < 4.78 is 14.4. The van der Waals surface area contributed by atoms with Gasteiger partial charge in [-0.15, -0.1) is 0 Å². The molecule has 0 unspecified atom stereocenters. The standard InChI is InChI=1S/C30H37FN6/c1-6-33-29-25(17-16-23-12-9-10-13-27(23)31)28(26-20-24(22(5)32)15-14-21(26)4)35-30(36-29)34-18-11-19-37(7-2)8-3/h6,9-10,12-17,20H,1,5,7-8,11,18-19,32H2,2-4H3,(H2,33,34,35,36)/b17-16-. The van der Waals surface area contributed by atoms with E-state index in [1.165, 1.54) is 6.07 Å². The maximum atomic E-state index is 14.4. The fourth-order valence-corrected chi connectivity index (χ4v) is 4.02. The number of benzene rings is 2. The smallest absolute Gasteiger partial charge is 0.225 e. The van der Waals surface area contributed by atoms with Crippen molar-refractivity contribution in [2.24, 2.45) is 5.73 Å². The zero-order valence-corrected chi connectivity index (χ0v) is 22.0. The molecule has 0 aliphatic carbocycles.